The summed E-state index contributed by atoms with van der Waals surface area (Å²) < 4.78 is 5.66. The summed E-state index contributed by atoms with van der Waals surface area (Å²) >= 11 is 0. The number of hydrogen-bond acceptors (Lipinski definition) is 2. The predicted octanol–water partition coefficient (Wildman–Crippen LogP) is 8.21. The summed E-state index contributed by atoms with van der Waals surface area (Å²) in [6.45, 7) is 18.2. The fourth-order valence-corrected chi connectivity index (χ4v) is 9.50. The van der Waals surface area contributed by atoms with Crippen LogP contribution in [0.3, 0.4) is 0 Å². The average Bonchev–Trinajstić information content (AvgIpc) is 3.08. The van der Waals surface area contributed by atoms with Gasteiger partial charge in [-0.05, 0) is 130 Å². The Balaban J connectivity index is 1.44. The Hall–Kier alpha value is -0.790. The maximum Gasteiger partial charge on any atom is 0.302 e. The fraction of sp³-hybridized carbons (Fsp3) is 0.900. The molecule has 4 saturated carbocycles. The first-order valence-electron chi connectivity index (χ1n) is 13.9. The van der Waals surface area contributed by atoms with Gasteiger partial charge in [0.25, 0.3) is 0 Å². The molecule has 0 aliphatic heterocycles. The van der Waals surface area contributed by atoms with Crippen LogP contribution in [0.2, 0.25) is 0 Å². The second-order valence-electron chi connectivity index (χ2n) is 13.2. The molecule has 2 heteroatoms. The van der Waals surface area contributed by atoms with Crippen LogP contribution in [-0.2, 0) is 9.53 Å². The Morgan fingerprint density at radius 1 is 0.938 bits per heavy atom. The summed E-state index contributed by atoms with van der Waals surface area (Å²) in [6, 6.07) is 0. The van der Waals surface area contributed by atoms with Crippen molar-refractivity contribution in [3.05, 3.63) is 12.2 Å². The van der Waals surface area contributed by atoms with Crippen molar-refractivity contribution < 1.29 is 9.53 Å². The molecule has 10 unspecified atom stereocenters. The Morgan fingerprint density at radius 3 is 2.31 bits per heavy atom. The summed E-state index contributed by atoms with van der Waals surface area (Å²) in [7, 11) is 0. The van der Waals surface area contributed by atoms with Crippen molar-refractivity contribution >= 4 is 5.97 Å². The van der Waals surface area contributed by atoms with Gasteiger partial charge in [0.1, 0.15) is 6.10 Å². The van der Waals surface area contributed by atoms with E-state index in [0.29, 0.717) is 16.7 Å². The van der Waals surface area contributed by atoms with Crippen LogP contribution in [-0.4, -0.2) is 12.1 Å². The Bertz CT molecular complexity index is 712. The average molecular weight is 443 g/mol. The SMILES string of the molecule is C=C(C)C(C)CCC(C)C1CCC2C3CCC4CC(OC(C)=O)CCC4(C)C3CCC12C. The van der Waals surface area contributed by atoms with Crippen molar-refractivity contribution in [3.63, 3.8) is 0 Å². The van der Waals surface area contributed by atoms with Crippen molar-refractivity contribution in [2.75, 3.05) is 0 Å². The van der Waals surface area contributed by atoms with Crippen molar-refractivity contribution in [1.29, 1.82) is 0 Å². The molecule has 4 rings (SSSR count). The molecule has 0 N–H and O–H groups in total. The molecule has 0 aromatic heterocycles. The van der Waals surface area contributed by atoms with E-state index in [-0.39, 0.29) is 12.1 Å². The van der Waals surface area contributed by atoms with E-state index in [1.54, 1.807) is 6.92 Å². The third-order valence-corrected chi connectivity index (χ3v) is 11.6. The van der Waals surface area contributed by atoms with E-state index >= 15 is 0 Å². The van der Waals surface area contributed by atoms with Gasteiger partial charge in [0.05, 0.1) is 0 Å². The second kappa shape index (κ2) is 9.10. The first-order valence-corrected chi connectivity index (χ1v) is 13.9. The number of esters is 1. The third-order valence-electron chi connectivity index (χ3n) is 11.6. The van der Waals surface area contributed by atoms with Gasteiger partial charge in [-0.1, -0.05) is 39.8 Å². The van der Waals surface area contributed by atoms with E-state index in [1.807, 2.05) is 0 Å². The lowest BCUT2D eigenvalue weighted by Crippen LogP contribution is -2.54. The molecule has 4 aliphatic rings. The molecule has 2 nitrogen and oxygen atoms in total. The van der Waals surface area contributed by atoms with Gasteiger partial charge in [-0.15, -0.1) is 0 Å². The molecule has 0 bridgehead atoms. The van der Waals surface area contributed by atoms with Gasteiger partial charge in [-0.2, -0.15) is 0 Å². The Labute approximate surface area is 198 Å². The molecule has 10 atom stereocenters. The smallest absolute Gasteiger partial charge is 0.302 e. The number of carbonyl (C=O) groups excluding carboxylic acids is 1. The molecule has 0 aromatic carbocycles. The molecule has 0 radical (unpaired) electrons. The normalized spacial score (nSPS) is 45.2. The highest BCUT2D eigenvalue weighted by Crippen LogP contribution is 2.68. The minimum absolute atomic E-state index is 0.0931. The molecule has 4 fully saturated rings. The summed E-state index contributed by atoms with van der Waals surface area (Å²) in [5.41, 5.74) is 2.38. The molecule has 182 valence electrons. The summed E-state index contributed by atoms with van der Waals surface area (Å²) in [5.74, 6) is 5.86. The molecule has 0 amide bonds. The number of allylic oxidation sites excluding steroid dienone is 1. The van der Waals surface area contributed by atoms with Crippen LogP contribution in [0.25, 0.3) is 0 Å². The predicted molar refractivity (Wildman–Crippen MR) is 133 cm³/mol. The van der Waals surface area contributed by atoms with E-state index in [9.17, 15) is 4.79 Å². The molecular weight excluding hydrogens is 392 g/mol. The van der Waals surface area contributed by atoms with Gasteiger partial charge >= 0.3 is 5.97 Å². The lowest BCUT2D eigenvalue weighted by molar-refractivity contribution is -0.160. The van der Waals surface area contributed by atoms with Crippen LogP contribution in [0, 0.1) is 52.3 Å². The summed E-state index contributed by atoms with van der Waals surface area (Å²) in [5, 5.41) is 0. The van der Waals surface area contributed by atoms with Gasteiger partial charge in [0, 0.05) is 6.92 Å². The van der Waals surface area contributed by atoms with E-state index in [2.05, 4.69) is 41.2 Å². The zero-order valence-electron chi connectivity index (χ0n) is 21.9. The number of fused-ring (bicyclic) bond motifs is 5. The van der Waals surface area contributed by atoms with Gasteiger partial charge in [0.2, 0.25) is 0 Å². The fourth-order valence-electron chi connectivity index (χ4n) is 9.50. The molecule has 0 saturated heterocycles. The zero-order valence-corrected chi connectivity index (χ0v) is 21.9. The van der Waals surface area contributed by atoms with Crippen molar-refractivity contribution in [3.8, 4) is 0 Å². The maximum absolute atomic E-state index is 11.5. The third kappa shape index (κ3) is 4.22. The van der Waals surface area contributed by atoms with Gasteiger partial charge in [-0.25, -0.2) is 0 Å². The van der Waals surface area contributed by atoms with E-state index in [0.717, 1.165) is 48.3 Å². The minimum Gasteiger partial charge on any atom is -0.463 e. The topological polar surface area (TPSA) is 26.3 Å². The number of carbonyl (C=O) groups is 1. The van der Waals surface area contributed by atoms with Crippen molar-refractivity contribution in [2.24, 2.45) is 52.3 Å². The Morgan fingerprint density at radius 2 is 1.62 bits per heavy atom. The van der Waals surface area contributed by atoms with E-state index < -0.39 is 0 Å². The number of ether oxygens (including phenoxy) is 1. The maximum atomic E-state index is 11.5. The summed E-state index contributed by atoms with van der Waals surface area (Å²) in [4.78, 5) is 11.5. The lowest BCUT2D eigenvalue weighted by Gasteiger charge is -2.61. The molecule has 0 spiro atoms. The number of rotatable bonds is 6. The molecule has 0 aromatic rings. The van der Waals surface area contributed by atoms with Crippen LogP contribution < -0.4 is 0 Å². The van der Waals surface area contributed by atoms with Gasteiger partial charge < -0.3 is 4.74 Å². The van der Waals surface area contributed by atoms with Gasteiger partial charge in [-0.3, -0.25) is 4.79 Å². The molecular formula is C30H50O2. The van der Waals surface area contributed by atoms with Crippen LogP contribution >= 0.6 is 0 Å². The molecule has 0 heterocycles. The largest absolute Gasteiger partial charge is 0.463 e. The highest BCUT2D eigenvalue weighted by molar-refractivity contribution is 5.66. The van der Waals surface area contributed by atoms with Crippen molar-refractivity contribution in [2.45, 2.75) is 118 Å². The van der Waals surface area contributed by atoms with Crippen LogP contribution in [0.5, 0.6) is 0 Å². The highest BCUT2D eigenvalue weighted by Gasteiger charge is 2.60. The standard InChI is InChI=1S/C30H50O2/c1-19(2)20(3)8-9-21(4)26-12-13-27-25-11-10-23-18-24(32-22(5)31)14-16-29(23,6)28(25)15-17-30(26,27)7/h20-21,23-28H,1,8-18H2,2-7H3. The lowest BCUT2D eigenvalue weighted by atomic mass is 9.44. The van der Waals surface area contributed by atoms with E-state index in [4.69, 9.17) is 4.74 Å². The van der Waals surface area contributed by atoms with Gasteiger partial charge in [0.15, 0.2) is 0 Å². The molecule has 4 aliphatic carbocycles. The zero-order chi connectivity index (χ0) is 23.3. The van der Waals surface area contributed by atoms with Crippen LogP contribution in [0.4, 0.5) is 0 Å². The van der Waals surface area contributed by atoms with E-state index in [1.165, 1.54) is 63.4 Å². The highest BCUT2D eigenvalue weighted by atomic mass is 16.5. The van der Waals surface area contributed by atoms with Crippen LogP contribution in [0.1, 0.15) is 112 Å². The second-order valence-corrected chi connectivity index (χ2v) is 13.2. The Kier molecular flexibility index (Phi) is 6.92. The molecule has 32 heavy (non-hydrogen) atoms. The summed E-state index contributed by atoms with van der Waals surface area (Å²) in [6.07, 6.45) is 14.9. The minimum atomic E-state index is -0.0931. The monoisotopic (exact) mass is 442 g/mol. The van der Waals surface area contributed by atoms with Crippen LogP contribution in [0.15, 0.2) is 12.2 Å². The number of hydrogen-bond donors (Lipinski definition) is 0. The first-order chi connectivity index (χ1) is 15.1. The quantitative estimate of drug-likeness (QED) is 0.306. The van der Waals surface area contributed by atoms with Crippen molar-refractivity contribution in [1.82, 2.24) is 0 Å². The first kappa shape index (κ1) is 24.3.